The van der Waals surface area contributed by atoms with Crippen molar-refractivity contribution in [3.05, 3.63) is 86.7 Å². The molecule has 0 bridgehead atoms. The number of nitrogens with one attached hydrogen (secondary N) is 1. The molecule has 5 nitrogen and oxygen atoms in total. The Kier molecular flexibility index (Phi) is 6.43. The fourth-order valence-corrected chi connectivity index (χ4v) is 4.56. The Balaban J connectivity index is 1.76. The highest BCUT2D eigenvalue weighted by atomic mass is 35.5. The quantitative estimate of drug-likeness (QED) is 0.281. The van der Waals surface area contributed by atoms with Gasteiger partial charge in [-0.05, 0) is 80.0 Å². The average molecular weight is 498 g/mol. The highest BCUT2D eigenvalue weighted by molar-refractivity contribution is 7.80. The monoisotopic (exact) mass is 497 g/mol. The summed E-state index contributed by atoms with van der Waals surface area (Å²) in [7, 11) is 0. The van der Waals surface area contributed by atoms with E-state index < -0.39 is 11.8 Å². The molecule has 2 aromatic carbocycles. The Morgan fingerprint density at radius 2 is 1.76 bits per heavy atom. The number of nitrogens with zero attached hydrogens (tertiary/aromatic N) is 2. The molecule has 1 aliphatic rings. The molecule has 8 heteroatoms. The van der Waals surface area contributed by atoms with Gasteiger partial charge in [-0.2, -0.15) is 0 Å². The molecule has 1 saturated heterocycles. The van der Waals surface area contributed by atoms with Crippen LogP contribution < -0.4 is 10.2 Å². The Morgan fingerprint density at radius 1 is 1.06 bits per heavy atom. The largest absolute Gasteiger partial charge is 0.316 e. The molecule has 1 aliphatic heterocycles. The van der Waals surface area contributed by atoms with Gasteiger partial charge >= 0.3 is 0 Å². The average Bonchev–Trinajstić information content (AvgIpc) is 3.06. The molecule has 2 amide bonds. The van der Waals surface area contributed by atoms with E-state index in [-0.39, 0.29) is 10.7 Å². The minimum absolute atomic E-state index is 0.000564. The predicted molar refractivity (Wildman–Crippen MR) is 137 cm³/mol. The maximum absolute atomic E-state index is 13.3. The number of rotatable bonds is 4. The van der Waals surface area contributed by atoms with Crippen LogP contribution in [0.4, 0.5) is 5.69 Å². The molecule has 168 valence electrons. The van der Waals surface area contributed by atoms with Crippen LogP contribution in [-0.2, 0) is 16.0 Å². The van der Waals surface area contributed by atoms with Crippen LogP contribution >= 0.6 is 35.4 Å². The standard InChI is InChI=1S/C25H21Cl2N3O2S/c1-4-16-8-10-18(11-9-16)30-24(32)19(23(31)28-25(30)33)13-17-12-14(2)29(15(17)3)21-7-5-6-20(26)22(21)27/h5-13H,4H2,1-3H3,(H,28,31,33). The van der Waals surface area contributed by atoms with Crippen molar-refractivity contribution in [3.8, 4) is 5.69 Å². The summed E-state index contributed by atoms with van der Waals surface area (Å²) in [4.78, 5) is 27.4. The summed E-state index contributed by atoms with van der Waals surface area (Å²) >= 11 is 17.9. The number of thiocarbonyl (C=S) groups is 1. The lowest BCUT2D eigenvalue weighted by Crippen LogP contribution is -2.54. The topological polar surface area (TPSA) is 54.3 Å². The van der Waals surface area contributed by atoms with E-state index in [2.05, 4.69) is 12.2 Å². The van der Waals surface area contributed by atoms with Gasteiger partial charge in [-0.15, -0.1) is 0 Å². The minimum atomic E-state index is -0.531. The number of benzene rings is 2. The fourth-order valence-electron chi connectivity index (χ4n) is 3.90. The van der Waals surface area contributed by atoms with Gasteiger partial charge in [0.05, 0.1) is 21.4 Å². The highest BCUT2D eigenvalue weighted by Crippen LogP contribution is 2.32. The summed E-state index contributed by atoms with van der Waals surface area (Å²) in [6.45, 7) is 5.87. The summed E-state index contributed by atoms with van der Waals surface area (Å²) in [5.41, 5.74) is 4.88. The van der Waals surface area contributed by atoms with Crippen molar-refractivity contribution in [2.75, 3.05) is 4.90 Å². The van der Waals surface area contributed by atoms with Crippen LogP contribution in [0.3, 0.4) is 0 Å². The van der Waals surface area contributed by atoms with Gasteiger partial charge in [0, 0.05) is 11.4 Å². The Labute approximate surface area is 207 Å². The molecule has 0 unspecified atom stereocenters. The number of aryl methyl sites for hydroxylation is 2. The normalized spacial score (nSPS) is 15.4. The highest BCUT2D eigenvalue weighted by Gasteiger charge is 2.34. The van der Waals surface area contributed by atoms with E-state index in [1.807, 2.05) is 60.9 Å². The maximum Gasteiger partial charge on any atom is 0.270 e. The van der Waals surface area contributed by atoms with Gasteiger partial charge in [-0.1, -0.05) is 48.3 Å². The molecule has 0 atom stereocenters. The van der Waals surface area contributed by atoms with Crippen molar-refractivity contribution < 1.29 is 9.59 Å². The summed E-state index contributed by atoms with van der Waals surface area (Å²) in [6, 6.07) is 14.8. The van der Waals surface area contributed by atoms with Crippen LogP contribution in [-0.4, -0.2) is 21.5 Å². The molecule has 0 saturated carbocycles. The van der Waals surface area contributed by atoms with E-state index >= 15 is 0 Å². The first-order valence-electron chi connectivity index (χ1n) is 10.4. The molecule has 1 fully saturated rings. The van der Waals surface area contributed by atoms with Gasteiger partial charge in [0.15, 0.2) is 5.11 Å². The third-order valence-electron chi connectivity index (χ3n) is 5.65. The van der Waals surface area contributed by atoms with Gasteiger partial charge < -0.3 is 4.57 Å². The van der Waals surface area contributed by atoms with Crippen molar-refractivity contribution in [2.45, 2.75) is 27.2 Å². The molecular formula is C25H21Cl2N3O2S. The van der Waals surface area contributed by atoms with Gasteiger partial charge in [0.2, 0.25) is 0 Å². The lowest BCUT2D eigenvalue weighted by Gasteiger charge is -2.29. The fraction of sp³-hybridized carbons (Fsp3) is 0.160. The predicted octanol–water partition coefficient (Wildman–Crippen LogP) is 5.79. The summed E-state index contributed by atoms with van der Waals surface area (Å²) in [5, 5.41) is 3.56. The van der Waals surface area contributed by atoms with Crippen LogP contribution in [0.2, 0.25) is 10.0 Å². The van der Waals surface area contributed by atoms with Crippen LogP contribution in [0.15, 0.2) is 54.1 Å². The van der Waals surface area contributed by atoms with Crippen LogP contribution in [0.5, 0.6) is 0 Å². The third kappa shape index (κ3) is 4.22. The van der Waals surface area contributed by atoms with Gasteiger partial charge in [0.25, 0.3) is 11.8 Å². The van der Waals surface area contributed by atoms with E-state index in [1.54, 1.807) is 12.1 Å². The van der Waals surface area contributed by atoms with E-state index in [0.717, 1.165) is 34.6 Å². The second-order valence-corrected chi connectivity index (χ2v) is 8.88. The zero-order valence-corrected chi connectivity index (χ0v) is 20.6. The minimum Gasteiger partial charge on any atom is -0.316 e. The van der Waals surface area contributed by atoms with E-state index in [1.165, 1.54) is 4.90 Å². The Morgan fingerprint density at radius 3 is 2.42 bits per heavy atom. The number of hydrogen-bond acceptors (Lipinski definition) is 3. The number of hydrogen-bond donors (Lipinski definition) is 1. The number of amides is 2. The van der Waals surface area contributed by atoms with Gasteiger partial charge in [-0.25, -0.2) is 0 Å². The number of halogens is 2. The van der Waals surface area contributed by atoms with Crippen molar-refractivity contribution in [2.24, 2.45) is 0 Å². The molecular weight excluding hydrogens is 477 g/mol. The van der Waals surface area contributed by atoms with E-state index in [4.69, 9.17) is 35.4 Å². The Hall–Kier alpha value is -2.93. The van der Waals surface area contributed by atoms with Gasteiger partial charge in [0.1, 0.15) is 5.57 Å². The van der Waals surface area contributed by atoms with E-state index in [9.17, 15) is 9.59 Å². The number of carbonyl (C=O) groups is 2. The second kappa shape index (κ2) is 9.14. The lowest BCUT2D eigenvalue weighted by molar-refractivity contribution is -0.122. The molecule has 0 aliphatic carbocycles. The van der Waals surface area contributed by atoms with Crippen LogP contribution in [0.1, 0.15) is 29.4 Å². The van der Waals surface area contributed by atoms with Crippen molar-refractivity contribution in [1.82, 2.24) is 9.88 Å². The zero-order chi connectivity index (χ0) is 23.9. The number of anilines is 1. The first-order chi connectivity index (χ1) is 15.7. The van der Waals surface area contributed by atoms with Crippen molar-refractivity contribution in [3.63, 3.8) is 0 Å². The van der Waals surface area contributed by atoms with E-state index in [0.29, 0.717) is 15.7 Å². The first kappa shape index (κ1) is 23.2. The molecule has 4 rings (SSSR count). The van der Waals surface area contributed by atoms with Gasteiger partial charge in [-0.3, -0.25) is 19.8 Å². The molecule has 2 heterocycles. The summed E-state index contributed by atoms with van der Waals surface area (Å²) in [6.07, 6.45) is 2.47. The SMILES string of the molecule is CCc1ccc(N2C(=O)C(=Cc3cc(C)n(-c4cccc(Cl)c4Cl)c3C)C(=O)NC2=S)cc1. The van der Waals surface area contributed by atoms with Crippen LogP contribution in [0, 0.1) is 13.8 Å². The van der Waals surface area contributed by atoms with Crippen molar-refractivity contribution >= 4 is 64.1 Å². The third-order valence-corrected chi connectivity index (χ3v) is 6.74. The smallest absolute Gasteiger partial charge is 0.270 e. The molecule has 3 aromatic rings. The first-order valence-corrected chi connectivity index (χ1v) is 11.5. The molecule has 0 radical (unpaired) electrons. The summed E-state index contributed by atoms with van der Waals surface area (Å²) in [5.74, 6) is -1.00. The summed E-state index contributed by atoms with van der Waals surface area (Å²) < 4.78 is 1.94. The second-order valence-electron chi connectivity index (χ2n) is 7.71. The number of carbonyl (C=O) groups excluding carboxylic acids is 2. The molecule has 0 spiro atoms. The molecule has 1 N–H and O–H groups in total. The molecule has 33 heavy (non-hydrogen) atoms. The Bertz CT molecular complexity index is 1330. The lowest BCUT2D eigenvalue weighted by atomic mass is 10.1. The number of aromatic nitrogens is 1. The molecule has 1 aromatic heterocycles. The zero-order valence-electron chi connectivity index (χ0n) is 18.3. The van der Waals surface area contributed by atoms with Crippen LogP contribution in [0.25, 0.3) is 11.8 Å². The van der Waals surface area contributed by atoms with Crippen molar-refractivity contribution in [1.29, 1.82) is 0 Å². The maximum atomic E-state index is 13.3.